The number of nitrogens with zero attached hydrogens (tertiary/aromatic N) is 4. The average molecular weight is 524 g/mol. The van der Waals surface area contributed by atoms with E-state index in [0.29, 0.717) is 12.5 Å². The van der Waals surface area contributed by atoms with Crippen molar-refractivity contribution in [2.45, 2.75) is 39.7 Å². The minimum atomic E-state index is -0.0498. The monoisotopic (exact) mass is 523 g/mol. The first kappa shape index (κ1) is 25.4. The number of hydrogen-bond donors (Lipinski definition) is 1. The second-order valence-corrected chi connectivity index (χ2v) is 10.7. The normalized spacial score (nSPS) is 15.9. The molecule has 0 radical (unpaired) electrons. The number of piperazine rings is 1. The largest absolute Gasteiger partial charge is 0.485 e. The Morgan fingerprint density at radius 2 is 1.82 bits per heavy atom. The Morgan fingerprint density at radius 3 is 2.59 bits per heavy atom. The van der Waals surface area contributed by atoms with Crippen LogP contribution in [-0.2, 0) is 13.0 Å². The molecular weight excluding hydrogens is 486 g/mol. The molecule has 202 valence electrons. The van der Waals surface area contributed by atoms with Gasteiger partial charge in [0, 0.05) is 68.3 Å². The zero-order valence-corrected chi connectivity index (χ0v) is 23.3. The lowest BCUT2D eigenvalue weighted by Gasteiger charge is -2.38. The van der Waals surface area contributed by atoms with E-state index in [4.69, 9.17) is 9.72 Å². The number of pyridine rings is 1. The number of benzene rings is 2. The van der Waals surface area contributed by atoms with E-state index in [2.05, 4.69) is 88.3 Å². The Kier molecular flexibility index (Phi) is 6.77. The maximum absolute atomic E-state index is 12.6. The Hall–Kier alpha value is -3.84. The van der Waals surface area contributed by atoms with Gasteiger partial charge in [0.25, 0.3) is 5.91 Å². The molecule has 6 rings (SSSR count). The Morgan fingerprint density at radius 1 is 1.05 bits per heavy atom. The molecule has 1 amide bonds. The van der Waals surface area contributed by atoms with Gasteiger partial charge in [-0.05, 0) is 55.2 Å². The molecule has 7 heteroatoms. The lowest BCUT2D eigenvalue weighted by atomic mass is 9.97. The summed E-state index contributed by atoms with van der Waals surface area (Å²) in [6, 6.07) is 17.2. The molecule has 2 aliphatic rings. The zero-order valence-electron chi connectivity index (χ0n) is 23.3. The molecule has 0 spiro atoms. The van der Waals surface area contributed by atoms with Crippen LogP contribution in [0, 0.1) is 6.92 Å². The van der Waals surface area contributed by atoms with Gasteiger partial charge in [-0.3, -0.25) is 14.7 Å². The fraction of sp³-hybridized carbons (Fsp3) is 0.375. The van der Waals surface area contributed by atoms with E-state index in [9.17, 15) is 4.79 Å². The minimum absolute atomic E-state index is 0.0498. The number of hydrogen-bond acceptors (Lipinski definition) is 5. The van der Waals surface area contributed by atoms with E-state index < -0.39 is 0 Å². The first-order chi connectivity index (χ1) is 19.0. The topological polar surface area (TPSA) is 62.6 Å². The number of para-hydroxylation sites is 1. The van der Waals surface area contributed by atoms with Crippen LogP contribution >= 0.6 is 0 Å². The van der Waals surface area contributed by atoms with Gasteiger partial charge in [0.15, 0.2) is 0 Å². The number of fused-ring (bicyclic) bond motifs is 4. The first-order valence-electron chi connectivity index (χ1n) is 14.0. The van der Waals surface area contributed by atoms with Crippen LogP contribution in [0.5, 0.6) is 5.75 Å². The van der Waals surface area contributed by atoms with Crippen LogP contribution in [0.2, 0.25) is 0 Å². The molecule has 1 saturated heterocycles. The van der Waals surface area contributed by atoms with E-state index in [1.165, 1.54) is 16.6 Å². The van der Waals surface area contributed by atoms with Gasteiger partial charge >= 0.3 is 0 Å². The smallest absolute Gasteiger partial charge is 0.253 e. The predicted molar refractivity (Wildman–Crippen MR) is 156 cm³/mol. The number of aryl methyl sites for hydroxylation is 2. The van der Waals surface area contributed by atoms with Crippen LogP contribution < -0.4 is 15.0 Å². The van der Waals surface area contributed by atoms with E-state index in [1.807, 2.05) is 6.92 Å². The maximum atomic E-state index is 12.6. The molecule has 2 aliphatic heterocycles. The molecule has 7 nitrogen and oxygen atoms in total. The molecule has 4 heterocycles. The highest BCUT2D eigenvalue weighted by Gasteiger charge is 2.29. The van der Waals surface area contributed by atoms with Crippen LogP contribution in [0.3, 0.4) is 0 Å². The number of rotatable bonds is 6. The molecule has 0 saturated carbocycles. The van der Waals surface area contributed by atoms with Crippen LogP contribution in [0.25, 0.3) is 16.6 Å². The Labute approximate surface area is 230 Å². The quantitative estimate of drug-likeness (QED) is 0.382. The average Bonchev–Trinajstić information content (AvgIpc) is 3.35. The summed E-state index contributed by atoms with van der Waals surface area (Å²) in [4.78, 5) is 22.4. The van der Waals surface area contributed by atoms with E-state index in [1.54, 1.807) is 7.05 Å². The first-order valence-corrected chi connectivity index (χ1v) is 14.0. The van der Waals surface area contributed by atoms with Gasteiger partial charge in [-0.2, -0.15) is 0 Å². The van der Waals surface area contributed by atoms with Crippen molar-refractivity contribution in [1.82, 2.24) is 19.8 Å². The molecule has 1 fully saturated rings. The molecule has 2 aromatic carbocycles. The van der Waals surface area contributed by atoms with Crippen LogP contribution in [0.1, 0.15) is 52.6 Å². The van der Waals surface area contributed by atoms with Crippen molar-refractivity contribution < 1.29 is 9.53 Å². The summed E-state index contributed by atoms with van der Waals surface area (Å²) in [6.07, 6.45) is 2.91. The van der Waals surface area contributed by atoms with Gasteiger partial charge in [-0.1, -0.05) is 32.0 Å². The fourth-order valence-electron chi connectivity index (χ4n) is 6.22. The van der Waals surface area contributed by atoms with E-state index in [-0.39, 0.29) is 5.91 Å². The summed E-state index contributed by atoms with van der Waals surface area (Å²) in [5.41, 5.74) is 8.38. The molecule has 0 aliphatic carbocycles. The summed E-state index contributed by atoms with van der Waals surface area (Å²) in [7, 11) is 1.68. The highest BCUT2D eigenvalue weighted by atomic mass is 16.5. The van der Waals surface area contributed by atoms with Crippen LogP contribution in [-0.4, -0.2) is 60.1 Å². The summed E-state index contributed by atoms with van der Waals surface area (Å²) < 4.78 is 8.54. The van der Waals surface area contributed by atoms with E-state index >= 15 is 0 Å². The molecule has 1 N–H and O–H groups in total. The number of anilines is 1. The van der Waals surface area contributed by atoms with Gasteiger partial charge in [-0.15, -0.1) is 0 Å². The van der Waals surface area contributed by atoms with Crippen molar-refractivity contribution in [3.05, 3.63) is 82.8 Å². The van der Waals surface area contributed by atoms with Crippen molar-refractivity contribution >= 4 is 22.5 Å². The molecule has 0 bridgehead atoms. The van der Waals surface area contributed by atoms with Gasteiger partial charge in [0.1, 0.15) is 12.4 Å². The number of aromatic nitrogens is 2. The van der Waals surface area contributed by atoms with Crippen molar-refractivity contribution in [3.63, 3.8) is 0 Å². The van der Waals surface area contributed by atoms with Crippen LogP contribution in [0.15, 0.2) is 54.7 Å². The summed E-state index contributed by atoms with van der Waals surface area (Å²) in [5.74, 6) is 1.21. The predicted octanol–water partition coefficient (Wildman–Crippen LogP) is 5.07. The molecule has 2 aromatic heterocycles. The maximum Gasteiger partial charge on any atom is 0.253 e. The lowest BCUT2D eigenvalue weighted by molar-refractivity contribution is 0.0959. The fourth-order valence-corrected chi connectivity index (χ4v) is 6.22. The lowest BCUT2D eigenvalue weighted by Crippen LogP contribution is -2.47. The van der Waals surface area contributed by atoms with Crippen molar-refractivity contribution in [2.75, 3.05) is 44.7 Å². The summed E-state index contributed by atoms with van der Waals surface area (Å²) in [5, 5.41) is 4.03. The summed E-state index contributed by atoms with van der Waals surface area (Å²) in [6.45, 7) is 11.8. The third-order valence-electron chi connectivity index (χ3n) is 8.28. The van der Waals surface area contributed by atoms with Gasteiger partial charge in [0.2, 0.25) is 0 Å². The molecule has 4 aromatic rings. The SMILES string of the molecule is CCc1cn2c(c1C(=O)NC)COc1c(C(C)CN3CCN(c4cccc5nc(C)ccc45)CC3)cccc1-2. The van der Waals surface area contributed by atoms with Crippen molar-refractivity contribution in [1.29, 1.82) is 0 Å². The molecule has 1 unspecified atom stereocenters. The standard InChI is InChI=1S/C32H37N5O2/c1-5-23-19-37-28-11-6-8-24(31(28)39-20-29(37)30(23)32(38)33-4)21(2)18-35-14-16-36(17-15-35)27-10-7-9-26-25(27)13-12-22(3)34-26/h6-13,19,21H,5,14-18,20H2,1-4H3,(H,33,38). The number of amides is 1. The highest BCUT2D eigenvalue weighted by molar-refractivity contribution is 5.97. The third-order valence-corrected chi connectivity index (χ3v) is 8.28. The van der Waals surface area contributed by atoms with Crippen molar-refractivity contribution in [3.8, 4) is 11.4 Å². The van der Waals surface area contributed by atoms with Crippen LogP contribution in [0.4, 0.5) is 5.69 Å². The molecule has 1 atom stereocenters. The Bertz CT molecular complexity index is 1530. The summed E-state index contributed by atoms with van der Waals surface area (Å²) >= 11 is 0. The number of ether oxygens (including phenoxy) is 1. The zero-order chi connectivity index (χ0) is 27.1. The molecular formula is C32H37N5O2. The second-order valence-electron chi connectivity index (χ2n) is 10.7. The number of carbonyl (C=O) groups excluding carboxylic acids is 1. The van der Waals surface area contributed by atoms with Gasteiger partial charge in [-0.25, -0.2) is 0 Å². The second kappa shape index (κ2) is 10.4. The third kappa shape index (κ3) is 4.55. The molecule has 39 heavy (non-hydrogen) atoms. The minimum Gasteiger partial charge on any atom is -0.485 e. The van der Waals surface area contributed by atoms with Crippen molar-refractivity contribution in [2.24, 2.45) is 0 Å². The number of nitrogens with one attached hydrogen (secondary N) is 1. The van der Waals surface area contributed by atoms with Gasteiger partial charge in [0.05, 0.1) is 22.5 Å². The number of carbonyl (C=O) groups is 1. The Balaban J connectivity index is 1.18. The van der Waals surface area contributed by atoms with E-state index in [0.717, 1.165) is 78.6 Å². The van der Waals surface area contributed by atoms with Gasteiger partial charge < -0.3 is 19.5 Å². The highest BCUT2D eigenvalue weighted by Crippen LogP contribution is 2.39.